The van der Waals surface area contributed by atoms with E-state index in [2.05, 4.69) is 28.0 Å². The van der Waals surface area contributed by atoms with Gasteiger partial charge in [0, 0.05) is 38.2 Å². The molecule has 0 radical (unpaired) electrons. The highest BCUT2D eigenvalue weighted by atomic mass is 16.5. The lowest BCUT2D eigenvalue weighted by atomic mass is 9.96. The molecule has 1 aromatic carbocycles. The van der Waals surface area contributed by atoms with Gasteiger partial charge in [0.05, 0.1) is 6.54 Å². The van der Waals surface area contributed by atoms with Crippen LogP contribution in [0.3, 0.4) is 0 Å². The number of hydrogen-bond acceptors (Lipinski definition) is 6. The van der Waals surface area contributed by atoms with Crippen LogP contribution in [0.2, 0.25) is 0 Å². The highest BCUT2D eigenvalue weighted by Gasteiger charge is 2.23. The second kappa shape index (κ2) is 9.64. The minimum Gasteiger partial charge on any atom is -0.492 e. The van der Waals surface area contributed by atoms with Gasteiger partial charge in [-0.15, -0.1) is 0 Å². The van der Waals surface area contributed by atoms with Crippen molar-refractivity contribution in [1.82, 2.24) is 9.80 Å². The van der Waals surface area contributed by atoms with Crippen molar-refractivity contribution in [3.63, 3.8) is 0 Å². The average Bonchev–Trinajstić information content (AvgIpc) is 3.07. The molecule has 7 heteroatoms. The number of piperidine rings is 1. The van der Waals surface area contributed by atoms with Crippen molar-refractivity contribution in [2.24, 2.45) is 11.7 Å². The van der Waals surface area contributed by atoms with E-state index in [0.29, 0.717) is 13.2 Å². The van der Waals surface area contributed by atoms with Gasteiger partial charge in [0.1, 0.15) is 30.5 Å². The van der Waals surface area contributed by atoms with Crippen molar-refractivity contribution in [2.45, 2.75) is 39.1 Å². The predicted octanol–water partition coefficient (Wildman–Crippen LogP) is 2.52. The van der Waals surface area contributed by atoms with Crippen LogP contribution >= 0.6 is 0 Å². The van der Waals surface area contributed by atoms with Crippen molar-refractivity contribution in [3.05, 3.63) is 53.0 Å². The Morgan fingerprint density at radius 3 is 2.67 bits per heavy atom. The number of benzene rings is 1. The van der Waals surface area contributed by atoms with Crippen LogP contribution in [0.25, 0.3) is 0 Å². The number of rotatable bonds is 7. The summed E-state index contributed by atoms with van der Waals surface area (Å²) in [5.74, 6) is 2.62. The molecule has 2 aromatic rings. The molecule has 162 valence electrons. The molecule has 30 heavy (non-hydrogen) atoms. The summed E-state index contributed by atoms with van der Waals surface area (Å²) in [7, 11) is 1.67. The van der Waals surface area contributed by atoms with Crippen LogP contribution in [-0.2, 0) is 35.8 Å². The van der Waals surface area contributed by atoms with E-state index in [1.165, 1.54) is 11.1 Å². The average molecular weight is 414 g/mol. The molecule has 0 unspecified atom stereocenters. The molecule has 1 amide bonds. The van der Waals surface area contributed by atoms with Gasteiger partial charge < -0.3 is 19.6 Å². The number of fused-ring (bicyclic) bond motifs is 1. The third-order valence-corrected chi connectivity index (χ3v) is 5.96. The molecule has 0 spiro atoms. The summed E-state index contributed by atoms with van der Waals surface area (Å²) in [6.45, 7) is 6.29. The molecule has 7 nitrogen and oxygen atoms in total. The molecule has 3 heterocycles. The smallest absolute Gasteiger partial charge is 0.220 e. The molecular formula is C23H31N3O4. The number of nitrogens with two attached hydrogens (primary N) is 1. The zero-order chi connectivity index (χ0) is 20.9. The number of primary amides is 1. The van der Waals surface area contributed by atoms with Crippen LogP contribution in [0.5, 0.6) is 5.75 Å². The highest BCUT2D eigenvalue weighted by Crippen LogP contribution is 2.27. The first-order chi connectivity index (χ1) is 14.6. The Kier molecular flexibility index (Phi) is 6.72. The molecule has 0 saturated carbocycles. The first-order valence-electron chi connectivity index (χ1n) is 10.7. The Morgan fingerprint density at radius 2 is 1.90 bits per heavy atom. The summed E-state index contributed by atoms with van der Waals surface area (Å²) in [5, 5.41) is 0. The highest BCUT2D eigenvalue weighted by molar-refractivity contribution is 5.76. The third-order valence-electron chi connectivity index (χ3n) is 5.96. The first-order valence-corrected chi connectivity index (χ1v) is 10.7. The Hall–Kier alpha value is -2.35. The molecule has 4 rings (SSSR count). The largest absolute Gasteiger partial charge is 0.492 e. The predicted molar refractivity (Wildman–Crippen MR) is 113 cm³/mol. The van der Waals surface area contributed by atoms with E-state index in [4.69, 9.17) is 19.6 Å². The number of furan rings is 1. The number of carbonyl (C=O) groups excluding carboxylic acids is 1. The summed E-state index contributed by atoms with van der Waals surface area (Å²) in [5.41, 5.74) is 7.94. The molecule has 0 atom stereocenters. The fraction of sp³-hybridized carbons (Fsp3) is 0.522. The van der Waals surface area contributed by atoms with Gasteiger partial charge in [-0.2, -0.15) is 0 Å². The maximum absolute atomic E-state index is 11.4. The van der Waals surface area contributed by atoms with Crippen molar-refractivity contribution in [3.8, 4) is 5.75 Å². The van der Waals surface area contributed by atoms with Gasteiger partial charge in [-0.25, -0.2) is 0 Å². The summed E-state index contributed by atoms with van der Waals surface area (Å²) in [6.07, 6.45) is 1.71. The van der Waals surface area contributed by atoms with Gasteiger partial charge in [0.25, 0.3) is 0 Å². The Labute approximate surface area is 177 Å². The van der Waals surface area contributed by atoms with Gasteiger partial charge >= 0.3 is 0 Å². The Balaban J connectivity index is 1.38. The second-order valence-electron chi connectivity index (χ2n) is 8.26. The summed E-state index contributed by atoms with van der Waals surface area (Å²) < 4.78 is 17.0. The van der Waals surface area contributed by atoms with Crippen LogP contribution in [0, 0.1) is 5.92 Å². The SMILES string of the molecule is COCc1ccc(CN2CCOc3ccc(CN4CCC(C(N)=O)CC4)cc3C2)o1. The lowest BCUT2D eigenvalue weighted by molar-refractivity contribution is -0.123. The lowest BCUT2D eigenvalue weighted by Crippen LogP contribution is -2.38. The number of likely N-dealkylation sites (tertiary alicyclic amines) is 1. The summed E-state index contributed by atoms with van der Waals surface area (Å²) in [6, 6.07) is 10.5. The van der Waals surface area contributed by atoms with Gasteiger partial charge in [-0.3, -0.25) is 14.6 Å². The van der Waals surface area contributed by atoms with Gasteiger partial charge in [-0.05, 0) is 55.8 Å². The monoisotopic (exact) mass is 413 g/mol. The maximum Gasteiger partial charge on any atom is 0.220 e. The first kappa shape index (κ1) is 20.9. The van der Waals surface area contributed by atoms with Crippen LogP contribution in [0.1, 0.15) is 35.5 Å². The zero-order valence-corrected chi connectivity index (χ0v) is 17.6. The molecule has 2 aliphatic rings. The number of amides is 1. The van der Waals surface area contributed by atoms with Crippen LogP contribution in [0.4, 0.5) is 0 Å². The Bertz CT molecular complexity index is 858. The van der Waals surface area contributed by atoms with Gasteiger partial charge in [-0.1, -0.05) is 6.07 Å². The molecule has 0 aliphatic carbocycles. The number of nitrogens with zero attached hydrogens (tertiary/aromatic N) is 2. The molecule has 0 bridgehead atoms. The van der Waals surface area contributed by atoms with E-state index in [9.17, 15) is 4.79 Å². The minimum atomic E-state index is -0.164. The number of carbonyl (C=O) groups is 1. The van der Waals surface area contributed by atoms with Crippen LogP contribution in [0.15, 0.2) is 34.7 Å². The number of hydrogen-bond donors (Lipinski definition) is 1. The van der Waals surface area contributed by atoms with E-state index in [1.807, 2.05) is 12.1 Å². The van der Waals surface area contributed by atoms with Crippen molar-refractivity contribution in [2.75, 3.05) is 33.4 Å². The Morgan fingerprint density at radius 1 is 1.10 bits per heavy atom. The molecule has 2 N–H and O–H groups in total. The van der Waals surface area contributed by atoms with Crippen LogP contribution in [-0.4, -0.2) is 49.1 Å². The second-order valence-corrected chi connectivity index (χ2v) is 8.26. The fourth-order valence-electron chi connectivity index (χ4n) is 4.32. The van der Waals surface area contributed by atoms with E-state index < -0.39 is 0 Å². The third kappa shape index (κ3) is 5.22. The van der Waals surface area contributed by atoms with Crippen LogP contribution < -0.4 is 10.5 Å². The standard InChI is InChI=1S/C23H31N3O4/c1-28-16-21-4-3-20(30-21)15-26-10-11-29-22-5-2-17(12-19(22)14-26)13-25-8-6-18(7-9-25)23(24)27/h2-5,12,18H,6-11,13-16H2,1H3,(H2,24,27). The normalized spacial score (nSPS) is 18.6. The maximum atomic E-state index is 11.4. The zero-order valence-electron chi connectivity index (χ0n) is 17.6. The van der Waals surface area contributed by atoms with Gasteiger partial charge in [0.15, 0.2) is 0 Å². The minimum absolute atomic E-state index is 0.0289. The van der Waals surface area contributed by atoms with Crippen molar-refractivity contribution < 1.29 is 18.7 Å². The molecular weight excluding hydrogens is 382 g/mol. The lowest BCUT2D eigenvalue weighted by Gasteiger charge is -2.30. The van der Waals surface area contributed by atoms with E-state index in [-0.39, 0.29) is 11.8 Å². The summed E-state index contributed by atoms with van der Waals surface area (Å²) in [4.78, 5) is 16.1. The van der Waals surface area contributed by atoms with Crippen molar-refractivity contribution >= 4 is 5.91 Å². The van der Waals surface area contributed by atoms with Gasteiger partial charge in [0.2, 0.25) is 5.91 Å². The molecule has 1 saturated heterocycles. The van der Waals surface area contributed by atoms with Crippen molar-refractivity contribution in [1.29, 1.82) is 0 Å². The quantitative estimate of drug-likeness (QED) is 0.751. The summed E-state index contributed by atoms with van der Waals surface area (Å²) >= 11 is 0. The molecule has 1 aromatic heterocycles. The van der Waals surface area contributed by atoms with E-state index in [1.54, 1.807) is 7.11 Å². The molecule has 2 aliphatic heterocycles. The van der Waals surface area contributed by atoms with E-state index in [0.717, 1.165) is 69.4 Å². The van der Waals surface area contributed by atoms with E-state index >= 15 is 0 Å². The number of ether oxygens (including phenoxy) is 2. The number of methoxy groups -OCH3 is 1. The fourth-order valence-corrected chi connectivity index (χ4v) is 4.32. The molecule has 1 fully saturated rings. The topological polar surface area (TPSA) is 81.2 Å².